The third kappa shape index (κ3) is 5.79. The van der Waals surface area contributed by atoms with Crippen molar-refractivity contribution < 1.29 is 28.3 Å². The molecule has 1 aromatic carbocycles. The number of alkyl carbamates (subject to hydrolysis) is 1. The van der Waals surface area contributed by atoms with Gasteiger partial charge in [-0.2, -0.15) is 0 Å². The maximum absolute atomic E-state index is 13.4. The lowest BCUT2D eigenvalue weighted by atomic mass is 10.3. The van der Waals surface area contributed by atoms with E-state index in [0.717, 1.165) is 6.07 Å². The highest BCUT2D eigenvalue weighted by Gasteiger charge is 2.25. The van der Waals surface area contributed by atoms with Crippen LogP contribution in [0, 0.1) is 5.82 Å². The number of anilines is 1. The number of hydrogen-bond acceptors (Lipinski definition) is 6. The number of halogens is 2. The predicted molar refractivity (Wildman–Crippen MR) is 75.1 cm³/mol. The van der Waals surface area contributed by atoms with E-state index in [9.17, 15) is 23.6 Å². The topological polar surface area (TPSA) is 126 Å². The molecule has 2 N–H and O–H groups in total. The van der Waals surface area contributed by atoms with Gasteiger partial charge in [-0.15, -0.1) is 0 Å². The number of imide groups is 1. The van der Waals surface area contributed by atoms with Gasteiger partial charge >= 0.3 is 23.7 Å². The zero-order chi connectivity index (χ0) is 17.4. The van der Waals surface area contributed by atoms with Crippen molar-refractivity contribution in [2.24, 2.45) is 10.3 Å². The van der Waals surface area contributed by atoms with Crippen LogP contribution in [-0.2, 0) is 19.1 Å². The zero-order valence-corrected chi connectivity index (χ0v) is 12.4. The predicted octanol–water partition coefficient (Wildman–Crippen LogP) is 1.63. The number of benzene rings is 1. The van der Waals surface area contributed by atoms with E-state index >= 15 is 0 Å². The Morgan fingerprint density at radius 1 is 1.30 bits per heavy atom. The van der Waals surface area contributed by atoms with Crippen LogP contribution in [0.1, 0.15) is 6.92 Å². The average molecular weight is 345 g/mol. The van der Waals surface area contributed by atoms with Crippen molar-refractivity contribution in [3.63, 3.8) is 0 Å². The monoisotopic (exact) mass is 344 g/mol. The maximum atomic E-state index is 13.4. The number of rotatable bonds is 5. The van der Waals surface area contributed by atoms with Crippen LogP contribution in [0.4, 0.5) is 14.9 Å². The molecule has 0 bridgehead atoms. The first-order valence-electron chi connectivity index (χ1n) is 6.03. The Bertz CT molecular complexity index is 679. The highest BCUT2D eigenvalue weighted by atomic mass is 35.5. The maximum Gasteiger partial charge on any atom is 0.414 e. The van der Waals surface area contributed by atoms with Crippen LogP contribution in [-0.4, -0.2) is 30.3 Å². The Hall–Kier alpha value is -2.88. The van der Waals surface area contributed by atoms with Crippen LogP contribution in [0.25, 0.3) is 0 Å². The minimum Gasteiger partial charge on any atom is -0.450 e. The second-order valence-corrected chi connectivity index (χ2v) is 4.18. The zero-order valence-electron chi connectivity index (χ0n) is 11.6. The SMILES string of the molecule is CCOC(=O)NC(=O)C(=O)C(=O)N=NNc1ccc(Cl)cc1F. The van der Waals surface area contributed by atoms with Gasteiger partial charge in [0.2, 0.25) is 0 Å². The molecule has 0 unspecified atom stereocenters. The van der Waals surface area contributed by atoms with Crippen LogP contribution in [0.15, 0.2) is 28.5 Å². The molecule has 0 saturated carbocycles. The summed E-state index contributed by atoms with van der Waals surface area (Å²) in [7, 11) is 0. The Labute approximate surface area is 133 Å². The quantitative estimate of drug-likeness (QED) is 0.362. The number of amides is 3. The van der Waals surface area contributed by atoms with Crippen molar-refractivity contribution in [2.75, 3.05) is 12.0 Å². The van der Waals surface area contributed by atoms with E-state index in [1.165, 1.54) is 24.4 Å². The van der Waals surface area contributed by atoms with Gasteiger partial charge in [0.25, 0.3) is 0 Å². The summed E-state index contributed by atoms with van der Waals surface area (Å²) in [6.07, 6.45) is -1.18. The molecule has 122 valence electrons. The number of hydrogen-bond donors (Lipinski definition) is 2. The van der Waals surface area contributed by atoms with Crippen molar-refractivity contribution >= 4 is 41.0 Å². The first-order chi connectivity index (χ1) is 10.8. The second-order valence-electron chi connectivity index (χ2n) is 3.74. The van der Waals surface area contributed by atoms with Crippen LogP contribution in [0.2, 0.25) is 5.02 Å². The molecule has 0 atom stereocenters. The summed E-state index contributed by atoms with van der Waals surface area (Å²) in [5, 5.41) is 7.61. The molecular weight excluding hydrogens is 335 g/mol. The Kier molecular flexibility index (Phi) is 6.74. The molecule has 1 aromatic rings. The molecule has 0 aliphatic rings. The first-order valence-corrected chi connectivity index (χ1v) is 6.41. The smallest absolute Gasteiger partial charge is 0.414 e. The lowest BCUT2D eigenvalue weighted by molar-refractivity contribution is -0.144. The van der Waals surface area contributed by atoms with Crippen molar-refractivity contribution in [1.82, 2.24) is 5.32 Å². The largest absolute Gasteiger partial charge is 0.450 e. The molecule has 11 heteroatoms. The molecule has 0 heterocycles. The van der Waals surface area contributed by atoms with Gasteiger partial charge in [-0.25, -0.2) is 9.18 Å². The fourth-order valence-electron chi connectivity index (χ4n) is 1.16. The Balaban J connectivity index is 2.59. The summed E-state index contributed by atoms with van der Waals surface area (Å²) in [4.78, 5) is 44.7. The van der Waals surface area contributed by atoms with E-state index < -0.39 is 29.5 Å². The standard InChI is InChI=1S/C12H10ClFN4O5/c1-2-23-12(22)15-10(20)9(19)11(21)17-18-16-8-4-3-6(13)5-7(8)14/h3-5H,2H2,1H3,(H,15,20,22)(H,16,17,21). The fourth-order valence-corrected chi connectivity index (χ4v) is 1.32. The van der Waals surface area contributed by atoms with E-state index in [1.54, 1.807) is 0 Å². The van der Waals surface area contributed by atoms with Crippen LogP contribution in [0.3, 0.4) is 0 Å². The summed E-state index contributed by atoms with van der Waals surface area (Å²) in [5.41, 5.74) is 1.90. The van der Waals surface area contributed by atoms with Gasteiger partial charge < -0.3 is 4.74 Å². The van der Waals surface area contributed by atoms with E-state index in [4.69, 9.17) is 11.6 Å². The molecule has 9 nitrogen and oxygen atoms in total. The molecule has 0 radical (unpaired) electrons. The number of ether oxygens (including phenoxy) is 1. The van der Waals surface area contributed by atoms with Gasteiger partial charge in [-0.05, 0) is 25.1 Å². The highest BCUT2D eigenvalue weighted by Crippen LogP contribution is 2.18. The number of ketones is 1. The highest BCUT2D eigenvalue weighted by molar-refractivity contribution is 6.63. The molecule has 0 fully saturated rings. The lowest BCUT2D eigenvalue weighted by Crippen LogP contribution is -2.39. The molecule has 0 aliphatic heterocycles. The first kappa shape index (κ1) is 18.2. The van der Waals surface area contributed by atoms with Gasteiger partial charge in [-0.1, -0.05) is 21.9 Å². The van der Waals surface area contributed by atoms with Crippen LogP contribution in [0.5, 0.6) is 0 Å². The number of Topliss-reactive ketones (excluding diaryl/α,β-unsaturated/α-hetero) is 1. The third-order valence-corrected chi connectivity index (χ3v) is 2.37. The summed E-state index contributed by atoms with van der Waals surface area (Å²) >= 11 is 5.54. The van der Waals surface area contributed by atoms with Gasteiger partial charge in [0, 0.05) is 5.02 Å². The molecular formula is C12H10ClFN4O5. The molecule has 0 spiro atoms. The number of nitrogens with one attached hydrogen (secondary N) is 2. The van der Waals surface area contributed by atoms with Crippen molar-refractivity contribution in [3.05, 3.63) is 29.0 Å². The van der Waals surface area contributed by atoms with E-state index in [2.05, 4.69) is 20.5 Å². The van der Waals surface area contributed by atoms with Gasteiger partial charge in [-0.3, -0.25) is 25.1 Å². The molecule has 0 aromatic heterocycles. The fraction of sp³-hybridized carbons (Fsp3) is 0.167. The summed E-state index contributed by atoms with van der Waals surface area (Å²) in [5.74, 6) is -5.49. The van der Waals surface area contributed by atoms with E-state index in [-0.39, 0.29) is 17.3 Å². The van der Waals surface area contributed by atoms with E-state index in [1.807, 2.05) is 0 Å². The summed E-state index contributed by atoms with van der Waals surface area (Å²) in [6, 6.07) is 3.55. The van der Waals surface area contributed by atoms with Crippen molar-refractivity contribution in [3.8, 4) is 0 Å². The molecule has 0 aliphatic carbocycles. The van der Waals surface area contributed by atoms with Crippen LogP contribution < -0.4 is 10.7 Å². The number of nitrogens with zero attached hydrogens (tertiary/aromatic N) is 2. The van der Waals surface area contributed by atoms with Gasteiger partial charge in [0.1, 0.15) is 5.82 Å². The molecule has 1 rings (SSSR count). The molecule has 0 saturated heterocycles. The molecule has 23 heavy (non-hydrogen) atoms. The normalized spacial score (nSPS) is 10.2. The molecule has 3 amide bonds. The Morgan fingerprint density at radius 3 is 2.61 bits per heavy atom. The Morgan fingerprint density at radius 2 is 2.00 bits per heavy atom. The van der Waals surface area contributed by atoms with Gasteiger partial charge in [0.15, 0.2) is 0 Å². The summed E-state index contributed by atoms with van der Waals surface area (Å²) < 4.78 is 17.7. The van der Waals surface area contributed by atoms with Crippen molar-refractivity contribution in [1.29, 1.82) is 0 Å². The van der Waals surface area contributed by atoms with Crippen LogP contribution >= 0.6 is 11.6 Å². The van der Waals surface area contributed by atoms with Crippen molar-refractivity contribution in [2.45, 2.75) is 6.92 Å². The summed E-state index contributed by atoms with van der Waals surface area (Å²) in [6.45, 7) is 1.45. The number of carbonyl (C=O) groups is 4. The van der Waals surface area contributed by atoms with Gasteiger partial charge in [0.05, 0.1) is 12.3 Å². The number of carbonyl (C=O) groups excluding carboxylic acids is 4. The average Bonchev–Trinajstić information content (AvgIpc) is 2.48. The van der Waals surface area contributed by atoms with E-state index in [0.29, 0.717) is 0 Å². The third-order valence-electron chi connectivity index (χ3n) is 2.13. The minimum atomic E-state index is -1.64. The lowest BCUT2D eigenvalue weighted by Gasteiger charge is -2.01. The minimum absolute atomic E-state index is 0.0302. The second kappa shape index (κ2) is 8.54.